The van der Waals surface area contributed by atoms with E-state index in [2.05, 4.69) is 36.3 Å². The molecule has 0 saturated carbocycles. The van der Waals surface area contributed by atoms with Crippen molar-refractivity contribution in [1.82, 2.24) is 20.0 Å². The van der Waals surface area contributed by atoms with Gasteiger partial charge in [-0.3, -0.25) is 0 Å². The van der Waals surface area contributed by atoms with Crippen molar-refractivity contribution in [2.75, 3.05) is 53.9 Å². The van der Waals surface area contributed by atoms with Gasteiger partial charge in [0.1, 0.15) is 5.82 Å². The molecule has 2 aliphatic heterocycles. The third-order valence-corrected chi connectivity index (χ3v) is 6.25. The van der Waals surface area contributed by atoms with Crippen LogP contribution in [0.4, 0.5) is 9.18 Å². The lowest BCUT2D eigenvalue weighted by atomic mass is 9.86. The van der Waals surface area contributed by atoms with Crippen LogP contribution in [-0.4, -0.2) is 80.1 Å². The maximum Gasteiger partial charge on any atom is 0.317 e. The van der Waals surface area contributed by atoms with Gasteiger partial charge in [-0.15, -0.1) is 0 Å². The molecule has 1 aromatic rings. The van der Waals surface area contributed by atoms with Gasteiger partial charge in [-0.2, -0.15) is 0 Å². The molecule has 2 fully saturated rings. The van der Waals surface area contributed by atoms with E-state index in [0.717, 1.165) is 44.5 Å². The zero-order chi connectivity index (χ0) is 18.7. The predicted octanol–water partition coefficient (Wildman–Crippen LogP) is 2.35. The van der Waals surface area contributed by atoms with Crippen molar-refractivity contribution in [1.29, 1.82) is 0 Å². The van der Waals surface area contributed by atoms with Crippen molar-refractivity contribution in [2.24, 2.45) is 0 Å². The molecule has 2 amide bonds. The first-order valence-corrected chi connectivity index (χ1v) is 9.54. The van der Waals surface area contributed by atoms with Gasteiger partial charge in [0.15, 0.2) is 0 Å². The van der Waals surface area contributed by atoms with Crippen LogP contribution in [-0.2, 0) is 0 Å². The first-order valence-electron chi connectivity index (χ1n) is 9.54. The maximum absolute atomic E-state index is 13.1. The molecule has 0 aromatic heterocycles. The van der Waals surface area contributed by atoms with Gasteiger partial charge >= 0.3 is 6.03 Å². The first kappa shape index (κ1) is 19.1. The summed E-state index contributed by atoms with van der Waals surface area (Å²) in [5, 5.41) is 3.18. The van der Waals surface area contributed by atoms with E-state index in [1.54, 1.807) is 0 Å². The molecule has 2 saturated heterocycles. The van der Waals surface area contributed by atoms with E-state index in [0.29, 0.717) is 19.0 Å². The molecule has 0 radical (unpaired) electrons. The number of hydrogen-bond acceptors (Lipinski definition) is 3. The van der Waals surface area contributed by atoms with Crippen LogP contribution in [0.5, 0.6) is 0 Å². The minimum Gasteiger partial charge on any atom is -0.336 e. The highest BCUT2D eigenvalue weighted by molar-refractivity contribution is 5.74. The number of urea groups is 1. The average Bonchev–Trinajstić information content (AvgIpc) is 3.12. The van der Waals surface area contributed by atoms with E-state index < -0.39 is 0 Å². The van der Waals surface area contributed by atoms with Gasteiger partial charge in [0.25, 0.3) is 0 Å². The second-order valence-electron chi connectivity index (χ2n) is 8.06. The Morgan fingerprint density at radius 3 is 2.50 bits per heavy atom. The van der Waals surface area contributed by atoms with Crippen LogP contribution in [0.2, 0.25) is 0 Å². The summed E-state index contributed by atoms with van der Waals surface area (Å²) < 4.78 is 13.1. The highest BCUT2D eigenvalue weighted by Gasteiger charge is 2.37. The Morgan fingerprint density at radius 2 is 1.88 bits per heavy atom. The van der Waals surface area contributed by atoms with Crippen LogP contribution in [0.1, 0.15) is 30.7 Å². The Bertz CT molecular complexity index is 611. The normalized spacial score (nSPS) is 23.4. The molecule has 0 bridgehead atoms. The summed E-state index contributed by atoms with van der Waals surface area (Å²) in [5.74, 6) is 0.0842. The lowest BCUT2D eigenvalue weighted by Gasteiger charge is -2.45. The molecule has 1 aromatic carbocycles. The van der Waals surface area contributed by atoms with E-state index in [4.69, 9.17) is 0 Å². The van der Waals surface area contributed by atoms with E-state index >= 15 is 0 Å². The largest absolute Gasteiger partial charge is 0.336 e. The van der Waals surface area contributed by atoms with E-state index in [1.807, 2.05) is 17.0 Å². The molecule has 144 valence electrons. The number of hydrogen-bond donors (Lipinski definition) is 1. The Hall–Kier alpha value is -1.66. The van der Waals surface area contributed by atoms with Gasteiger partial charge in [0, 0.05) is 31.1 Å². The molecular weight excluding hydrogens is 331 g/mol. The van der Waals surface area contributed by atoms with Crippen LogP contribution in [0, 0.1) is 5.82 Å². The zero-order valence-electron chi connectivity index (χ0n) is 16.2. The first-order chi connectivity index (χ1) is 12.4. The Balaban J connectivity index is 1.54. The number of likely N-dealkylation sites (tertiary alicyclic amines) is 2. The summed E-state index contributed by atoms with van der Waals surface area (Å²) in [5.41, 5.74) is 1.15. The van der Waals surface area contributed by atoms with Crippen molar-refractivity contribution in [3.8, 4) is 0 Å². The summed E-state index contributed by atoms with van der Waals surface area (Å²) in [6, 6.07) is 6.69. The van der Waals surface area contributed by atoms with Crippen LogP contribution in [0.15, 0.2) is 24.3 Å². The number of carbonyl (C=O) groups is 1. The number of halogens is 1. The second kappa shape index (κ2) is 7.92. The van der Waals surface area contributed by atoms with Crippen molar-refractivity contribution in [2.45, 2.75) is 30.7 Å². The number of carbonyl (C=O) groups excluding carboxylic acids is 1. The second-order valence-corrected chi connectivity index (χ2v) is 8.06. The number of benzene rings is 1. The van der Waals surface area contributed by atoms with Crippen LogP contribution >= 0.6 is 0 Å². The van der Waals surface area contributed by atoms with Gasteiger partial charge in [-0.25, -0.2) is 9.18 Å². The number of likely N-dealkylation sites (N-methyl/N-ethyl adjacent to an activating group) is 1. The van der Waals surface area contributed by atoms with E-state index in [9.17, 15) is 9.18 Å². The van der Waals surface area contributed by atoms with Gasteiger partial charge in [-0.05, 0) is 71.2 Å². The third-order valence-electron chi connectivity index (χ3n) is 6.25. The Kier molecular flexibility index (Phi) is 5.82. The average molecular weight is 362 g/mol. The topological polar surface area (TPSA) is 38.8 Å². The quantitative estimate of drug-likeness (QED) is 0.894. The van der Waals surface area contributed by atoms with Gasteiger partial charge in [0.2, 0.25) is 0 Å². The highest BCUT2D eigenvalue weighted by atomic mass is 19.1. The van der Waals surface area contributed by atoms with Gasteiger partial charge < -0.3 is 20.0 Å². The lowest BCUT2D eigenvalue weighted by molar-refractivity contribution is 0.0667. The van der Waals surface area contributed by atoms with Crippen LogP contribution < -0.4 is 5.32 Å². The number of amides is 2. The van der Waals surface area contributed by atoms with Crippen molar-refractivity contribution >= 4 is 6.03 Å². The molecule has 5 nitrogen and oxygen atoms in total. The molecule has 2 heterocycles. The van der Waals surface area contributed by atoms with Gasteiger partial charge in [-0.1, -0.05) is 12.1 Å². The van der Waals surface area contributed by atoms with Crippen molar-refractivity contribution in [3.63, 3.8) is 0 Å². The highest BCUT2D eigenvalue weighted by Crippen LogP contribution is 2.28. The van der Waals surface area contributed by atoms with Gasteiger partial charge in [0.05, 0.1) is 0 Å². The Labute approximate surface area is 156 Å². The SMILES string of the molecule is CN1CCC(CNC(=O)N2CC[C@@H](c3ccc(F)cc3)C2)(N(C)C)CC1. The summed E-state index contributed by atoms with van der Waals surface area (Å²) in [6.07, 6.45) is 3.06. The van der Waals surface area contributed by atoms with E-state index in [1.165, 1.54) is 12.1 Å². The summed E-state index contributed by atoms with van der Waals surface area (Å²) in [7, 11) is 6.37. The third kappa shape index (κ3) is 4.18. The fourth-order valence-corrected chi connectivity index (χ4v) is 4.12. The fraction of sp³-hybridized carbons (Fsp3) is 0.650. The molecule has 3 rings (SSSR count). The minimum absolute atomic E-state index is 0.0229. The standard InChI is InChI=1S/C20H31FN4O/c1-23(2)20(9-12-24(3)13-10-20)15-22-19(26)25-11-8-17(14-25)16-4-6-18(21)7-5-16/h4-7,17H,8-15H2,1-3H3,(H,22,26)/t17-/m1/s1. The van der Waals surface area contributed by atoms with Crippen molar-refractivity contribution in [3.05, 3.63) is 35.6 Å². The number of nitrogens with one attached hydrogen (secondary N) is 1. The zero-order valence-corrected chi connectivity index (χ0v) is 16.2. The minimum atomic E-state index is -0.214. The molecule has 1 N–H and O–H groups in total. The monoisotopic (exact) mass is 362 g/mol. The molecule has 6 heteroatoms. The van der Waals surface area contributed by atoms with E-state index in [-0.39, 0.29) is 17.4 Å². The van der Waals surface area contributed by atoms with Crippen molar-refractivity contribution < 1.29 is 9.18 Å². The summed E-state index contributed by atoms with van der Waals surface area (Å²) >= 11 is 0. The molecule has 26 heavy (non-hydrogen) atoms. The predicted molar refractivity (Wildman–Crippen MR) is 102 cm³/mol. The molecule has 0 aliphatic carbocycles. The summed E-state index contributed by atoms with van der Waals surface area (Å²) in [4.78, 5) is 19.2. The number of piperidine rings is 1. The number of rotatable bonds is 4. The maximum atomic E-state index is 13.1. The smallest absolute Gasteiger partial charge is 0.317 e. The lowest BCUT2D eigenvalue weighted by Crippen LogP contribution is -2.58. The fourth-order valence-electron chi connectivity index (χ4n) is 4.12. The molecule has 0 unspecified atom stereocenters. The molecule has 1 atom stereocenters. The molecule has 0 spiro atoms. The number of nitrogens with zero attached hydrogens (tertiary/aromatic N) is 3. The van der Waals surface area contributed by atoms with Crippen LogP contribution in [0.25, 0.3) is 0 Å². The van der Waals surface area contributed by atoms with Crippen LogP contribution in [0.3, 0.4) is 0 Å². The molecular formula is C20H31FN4O. The summed E-state index contributed by atoms with van der Waals surface area (Å²) in [6.45, 7) is 4.26. The Morgan fingerprint density at radius 1 is 1.23 bits per heavy atom. The molecule has 2 aliphatic rings.